The molecule has 3 rings (SSSR count). The Balaban J connectivity index is 2.02. The van der Waals surface area contributed by atoms with Crippen LogP contribution in [0.25, 0.3) is 5.76 Å². The van der Waals surface area contributed by atoms with Crippen LogP contribution in [0, 0.1) is 5.82 Å². The Hall–Kier alpha value is -3.19. The zero-order valence-corrected chi connectivity index (χ0v) is 19.4. The predicted octanol–water partition coefficient (Wildman–Crippen LogP) is 4.38. The number of rotatable bonds is 10. The molecule has 1 aliphatic rings. The standard InChI is InChI=1S/C26H31FN2O4/c1-4-5-16-33-21-9-6-8-19(17-21)24(30)22-23(18-10-12-20(27)13-11-18)29(26(32)25(22)31)15-7-14-28(2)3/h6,8-13,17,23,30H,4-5,7,14-16H2,1-3H3/b24-22+. The smallest absolute Gasteiger partial charge is 0.295 e. The third-order valence-corrected chi connectivity index (χ3v) is 5.60. The van der Waals surface area contributed by atoms with E-state index in [1.807, 2.05) is 19.0 Å². The fraction of sp³-hybridized carbons (Fsp3) is 0.385. The monoisotopic (exact) mass is 454 g/mol. The Labute approximate surface area is 194 Å². The number of benzene rings is 2. The van der Waals surface area contributed by atoms with E-state index < -0.39 is 23.5 Å². The second kappa shape index (κ2) is 11.1. The first kappa shape index (κ1) is 24.5. The summed E-state index contributed by atoms with van der Waals surface area (Å²) in [5, 5.41) is 11.2. The molecule has 0 bridgehead atoms. The third-order valence-electron chi connectivity index (χ3n) is 5.60. The SMILES string of the molecule is CCCCOc1cccc(/C(O)=C2\C(=O)C(=O)N(CCCN(C)C)C2c2ccc(F)cc2)c1. The number of nitrogens with zero attached hydrogens (tertiary/aromatic N) is 2. The van der Waals surface area contributed by atoms with Crippen LogP contribution >= 0.6 is 0 Å². The first-order valence-electron chi connectivity index (χ1n) is 11.2. The van der Waals surface area contributed by atoms with Crippen LogP contribution in [0.5, 0.6) is 5.75 Å². The molecule has 2 aromatic carbocycles. The molecule has 1 amide bonds. The van der Waals surface area contributed by atoms with Crippen LogP contribution in [0.3, 0.4) is 0 Å². The van der Waals surface area contributed by atoms with Crippen LogP contribution in [-0.4, -0.2) is 60.4 Å². The van der Waals surface area contributed by atoms with Gasteiger partial charge in [0, 0.05) is 12.1 Å². The molecule has 1 heterocycles. The van der Waals surface area contributed by atoms with Gasteiger partial charge in [-0.15, -0.1) is 0 Å². The number of halogens is 1. The van der Waals surface area contributed by atoms with Crippen molar-refractivity contribution in [2.75, 3.05) is 33.8 Å². The molecule has 176 valence electrons. The van der Waals surface area contributed by atoms with Gasteiger partial charge >= 0.3 is 0 Å². The van der Waals surface area contributed by atoms with E-state index >= 15 is 0 Å². The van der Waals surface area contributed by atoms with E-state index in [0.29, 0.717) is 36.4 Å². The van der Waals surface area contributed by atoms with E-state index in [4.69, 9.17) is 4.74 Å². The van der Waals surface area contributed by atoms with Crippen molar-refractivity contribution in [3.8, 4) is 5.75 Å². The molecule has 6 nitrogen and oxygen atoms in total. The molecule has 7 heteroatoms. The quantitative estimate of drug-likeness (QED) is 0.250. The Bertz CT molecular complexity index is 1020. The highest BCUT2D eigenvalue weighted by Crippen LogP contribution is 2.39. The highest BCUT2D eigenvalue weighted by atomic mass is 19.1. The summed E-state index contributed by atoms with van der Waals surface area (Å²) in [6.07, 6.45) is 2.55. The van der Waals surface area contributed by atoms with Crippen molar-refractivity contribution in [1.29, 1.82) is 0 Å². The fourth-order valence-corrected chi connectivity index (χ4v) is 3.88. The lowest BCUT2D eigenvalue weighted by molar-refractivity contribution is -0.139. The number of aliphatic hydroxyl groups is 1. The van der Waals surface area contributed by atoms with Crippen molar-refractivity contribution in [1.82, 2.24) is 9.80 Å². The number of Topliss-reactive ketones (excluding diaryl/α,β-unsaturated/α-hetero) is 1. The number of amides is 1. The summed E-state index contributed by atoms with van der Waals surface area (Å²) in [6, 6.07) is 11.7. The van der Waals surface area contributed by atoms with Gasteiger partial charge in [-0.25, -0.2) is 4.39 Å². The molecule has 1 fully saturated rings. The van der Waals surface area contributed by atoms with Gasteiger partial charge in [0.15, 0.2) is 0 Å². The topological polar surface area (TPSA) is 70.1 Å². The van der Waals surface area contributed by atoms with Crippen LogP contribution in [0.1, 0.15) is 43.4 Å². The fourth-order valence-electron chi connectivity index (χ4n) is 3.88. The van der Waals surface area contributed by atoms with E-state index in [0.717, 1.165) is 19.4 Å². The molecule has 1 N–H and O–H groups in total. The third kappa shape index (κ3) is 5.79. The lowest BCUT2D eigenvalue weighted by Crippen LogP contribution is -2.32. The minimum Gasteiger partial charge on any atom is -0.507 e. The maximum Gasteiger partial charge on any atom is 0.295 e. The molecular formula is C26H31FN2O4. The lowest BCUT2D eigenvalue weighted by Gasteiger charge is -2.26. The van der Waals surface area contributed by atoms with E-state index in [2.05, 4.69) is 6.92 Å². The van der Waals surface area contributed by atoms with Crippen molar-refractivity contribution in [3.05, 3.63) is 71.0 Å². The van der Waals surface area contributed by atoms with Gasteiger partial charge in [0.2, 0.25) is 0 Å². The molecule has 0 aromatic heterocycles. The molecule has 0 saturated carbocycles. The first-order chi connectivity index (χ1) is 15.8. The lowest BCUT2D eigenvalue weighted by atomic mass is 9.95. The second-order valence-corrected chi connectivity index (χ2v) is 8.43. The summed E-state index contributed by atoms with van der Waals surface area (Å²) in [4.78, 5) is 29.4. The summed E-state index contributed by atoms with van der Waals surface area (Å²) < 4.78 is 19.3. The van der Waals surface area contributed by atoms with Gasteiger partial charge in [0.25, 0.3) is 11.7 Å². The molecule has 2 aromatic rings. The Kier molecular flexibility index (Phi) is 8.22. The van der Waals surface area contributed by atoms with Crippen LogP contribution in [0.2, 0.25) is 0 Å². The summed E-state index contributed by atoms with van der Waals surface area (Å²) in [7, 11) is 3.86. The number of carbonyl (C=O) groups is 2. The van der Waals surface area contributed by atoms with Crippen LogP contribution in [0.4, 0.5) is 4.39 Å². The number of ketones is 1. The molecule has 1 unspecified atom stereocenters. The molecule has 1 atom stereocenters. The highest BCUT2D eigenvalue weighted by molar-refractivity contribution is 6.46. The van der Waals surface area contributed by atoms with Crippen molar-refractivity contribution in [3.63, 3.8) is 0 Å². The van der Waals surface area contributed by atoms with Crippen molar-refractivity contribution in [2.45, 2.75) is 32.2 Å². The van der Waals surface area contributed by atoms with Gasteiger partial charge in [0.05, 0.1) is 18.2 Å². The zero-order valence-electron chi connectivity index (χ0n) is 19.4. The van der Waals surface area contributed by atoms with Crippen molar-refractivity contribution < 1.29 is 23.8 Å². The molecule has 1 saturated heterocycles. The van der Waals surface area contributed by atoms with Gasteiger partial charge in [-0.2, -0.15) is 0 Å². The van der Waals surface area contributed by atoms with Crippen molar-refractivity contribution in [2.24, 2.45) is 0 Å². The number of hydrogen-bond acceptors (Lipinski definition) is 5. The van der Waals surface area contributed by atoms with E-state index in [1.54, 1.807) is 36.4 Å². The number of hydrogen-bond donors (Lipinski definition) is 1. The van der Waals surface area contributed by atoms with Crippen LogP contribution in [-0.2, 0) is 9.59 Å². The largest absolute Gasteiger partial charge is 0.507 e. The van der Waals surface area contributed by atoms with Gasteiger partial charge in [-0.3, -0.25) is 9.59 Å². The molecule has 0 radical (unpaired) electrons. The molecule has 33 heavy (non-hydrogen) atoms. The predicted molar refractivity (Wildman–Crippen MR) is 125 cm³/mol. The highest BCUT2D eigenvalue weighted by Gasteiger charge is 2.45. The number of aliphatic hydroxyl groups excluding tert-OH is 1. The van der Waals surface area contributed by atoms with Crippen LogP contribution in [0.15, 0.2) is 54.1 Å². The normalized spacial score (nSPS) is 17.7. The summed E-state index contributed by atoms with van der Waals surface area (Å²) >= 11 is 0. The average molecular weight is 455 g/mol. The maximum atomic E-state index is 13.6. The molecular weight excluding hydrogens is 423 g/mol. The van der Waals surface area contributed by atoms with Gasteiger partial charge in [-0.05, 0) is 63.3 Å². The van der Waals surface area contributed by atoms with E-state index in [9.17, 15) is 19.1 Å². The molecule has 1 aliphatic heterocycles. The number of unbranched alkanes of at least 4 members (excludes halogenated alkanes) is 1. The Morgan fingerprint density at radius 1 is 1.12 bits per heavy atom. The average Bonchev–Trinajstić information content (AvgIpc) is 3.04. The molecule has 0 aliphatic carbocycles. The second-order valence-electron chi connectivity index (χ2n) is 8.43. The number of ether oxygens (including phenoxy) is 1. The summed E-state index contributed by atoms with van der Waals surface area (Å²) in [5.41, 5.74) is 0.960. The minimum atomic E-state index is -0.794. The van der Waals surface area contributed by atoms with E-state index in [1.165, 1.54) is 17.0 Å². The van der Waals surface area contributed by atoms with Crippen molar-refractivity contribution >= 4 is 17.4 Å². The minimum absolute atomic E-state index is 0.00201. The van der Waals surface area contributed by atoms with Gasteiger partial charge < -0.3 is 19.6 Å². The molecule has 0 spiro atoms. The van der Waals surface area contributed by atoms with Gasteiger partial charge in [-0.1, -0.05) is 37.6 Å². The Morgan fingerprint density at radius 2 is 1.85 bits per heavy atom. The zero-order chi connectivity index (χ0) is 24.0. The van der Waals surface area contributed by atoms with Crippen LogP contribution < -0.4 is 4.74 Å². The summed E-state index contributed by atoms with van der Waals surface area (Å²) in [5.74, 6) is -1.52. The number of likely N-dealkylation sites (tertiary alicyclic amines) is 1. The Morgan fingerprint density at radius 3 is 2.52 bits per heavy atom. The first-order valence-corrected chi connectivity index (χ1v) is 11.2. The van der Waals surface area contributed by atoms with Gasteiger partial charge in [0.1, 0.15) is 17.3 Å². The van der Waals surface area contributed by atoms with E-state index in [-0.39, 0.29) is 11.3 Å². The summed E-state index contributed by atoms with van der Waals surface area (Å²) in [6.45, 7) is 3.68. The number of carbonyl (C=O) groups excluding carboxylic acids is 2. The maximum absolute atomic E-state index is 13.6.